The Kier molecular flexibility index (Phi) is 6.72. The summed E-state index contributed by atoms with van der Waals surface area (Å²) in [5.41, 5.74) is 2.11. The van der Waals surface area contributed by atoms with Crippen LogP contribution >= 0.6 is 0 Å². The molecular weight excluding hydrogens is 408 g/mol. The van der Waals surface area contributed by atoms with Gasteiger partial charge in [0.15, 0.2) is 0 Å². The normalized spacial score (nSPS) is 16.3. The highest BCUT2D eigenvalue weighted by atomic mass is 16.6. The summed E-state index contributed by atoms with van der Waals surface area (Å²) in [7, 11) is 1.61. The van der Waals surface area contributed by atoms with E-state index in [9.17, 15) is 15.0 Å². The van der Waals surface area contributed by atoms with Gasteiger partial charge < -0.3 is 25.0 Å². The van der Waals surface area contributed by atoms with Crippen LogP contribution in [0.4, 0.5) is 10.5 Å². The van der Waals surface area contributed by atoms with Crippen LogP contribution in [0.5, 0.6) is 11.5 Å². The van der Waals surface area contributed by atoms with E-state index >= 15 is 0 Å². The van der Waals surface area contributed by atoms with Crippen molar-refractivity contribution in [2.45, 2.75) is 58.3 Å². The van der Waals surface area contributed by atoms with E-state index in [4.69, 9.17) is 9.47 Å². The van der Waals surface area contributed by atoms with Crippen LogP contribution in [0.2, 0.25) is 0 Å². The number of benzene rings is 2. The van der Waals surface area contributed by atoms with Crippen molar-refractivity contribution < 1.29 is 24.5 Å². The summed E-state index contributed by atoms with van der Waals surface area (Å²) in [4.78, 5) is 14.4. The molecule has 1 aliphatic rings. The van der Waals surface area contributed by atoms with Gasteiger partial charge in [0.1, 0.15) is 17.1 Å². The Morgan fingerprint density at radius 2 is 1.94 bits per heavy atom. The van der Waals surface area contributed by atoms with Crippen LogP contribution < -0.4 is 15.0 Å². The van der Waals surface area contributed by atoms with Gasteiger partial charge in [-0.3, -0.25) is 4.90 Å². The molecule has 2 aromatic rings. The summed E-state index contributed by atoms with van der Waals surface area (Å²) in [6, 6.07) is 10.8. The summed E-state index contributed by atoms with van der Waals surface area (Å²) in [5.74, 6) is 0.930. The van der Waals surface area contributed by atoms with Crippen molar-refractivity contribution in [2.75, 3.05) is 25.1 Å². The predicted octanol–water partition coefficient (Wildman–Crippen LogP) is 4.39. The van der Waals surface area contributed by atoms with Gasteiger partial charge in [-0.25, -0.2) is 4.79 Å². The molecule has 0 fully saturated rings. The van der Waals surface area contributed by atoms with E-state index in [2.05, 4.69) is 5.32 Å². The maximum atomic E-state index is 12.7. The molecule has 0 saturated carbocycles. The van der Waals surface area contributed by atoms with E-state index in [-0.39, 0.29) is 17.4 Å². The summed E-state index contributed by atoms with van der Waals surface area (Å²) < 4.78 is 11.1. The zero-order valence-electron chi connectivity index (χ0n) is 19.7. The van der Waals surface area contributed by atoms with Crippen LogP contribution in [0.3, 0.4) is 0 Å². The van der Waals surface area contributed by atoms with Crippen LogP contribution in [0.15, 0.2) is 36.4 Å². The van der Waals surface area contributed by atoms with Crippen molar-refractivity contribution in [3.63, 3.8) is 0 Å². The van der Waals surface area contributed by atoms with Crippen LogP contribution in [0, 0.1) is 6.92 Å². The van der Waals surface area contributed by atoms with Gasteiger partial charge >= 0.3 is 6.09 Å². The smallest absolute Gasteiger partial charge is 0.415 e. The van der Waals surface area contributed by atoms with Crippen LogP contribution in [0.1, 0.15) is 56.9 Å². The number of aromatic hydroxyl groups is 1. The highest BCUT2D eigenvalue weighted by Gasteiger charge is 2.39. The maximum absolute atomic E-state index is 12.7. The minimum Gasteiger partial charge on any atom is -0.508 e. The number of aryl methyl sites for hydroxylation is 1. The van der Waals surface area contributed by atoms with E-state index in [1.54, 1.807) is 37.1 Å². The number of methoxy groups -OCH3 is 1. The summed E-state index contributed by atoms with van der Waals surface area (Å²) >= 11 is 0. The van der Waals surface area contributed by atoms with Gasteiger partial charge in [-0.15, -0.1) is 0 Å². The van der Waals surface area contributed by atoms with E-state index in [0.717, 1.165) is 28.1 Å². The average Bonchev–Trinajstić information content (AvgIpc) is 2.73. The van der Waals surface area contributed by atoms with E-state index in [1.165, 1.54) is 0 Å². The lowest BCUT2D eigenvalue weighted by atomic mass is 9.93. The fourth-order valence-electron chi connectivity index (χ4n) is 3.85. The number of anilines is 1. The monoisotopic (exact) mass is 442 g/mol. The van der Waals surface area contributed by atoms with Gasteiger partial charge in [-0.1, -0.05) is 6.07 Å². The van der Waals surface area contributed by atoms with Crippen LogP contribution in [-0.4, -0.2) is 42.0 Å². The molecule has 3 rings (SSSR count). The molecule has 174 valence electrons. The van der Waals surface area contributed by atoms with Crippen molar-refractivity contribution in [1.82, 2.24) is 5.32 Å². The largest absolute Gasteiger partial charge is 0.508 e. The minimum atomic E-state index is -0.739. The molecule has 1 atom stereocenters. The zero-order chi connectivity index (χ0) is 23.7. The molecule has 1 heterocycles. The lowest BCUT2D eigenvalue weighted by molar-refractivity contribution is 0.0345. The number of aliphatic hydroxyl groups excluding tert-OH is 1. The van der Waals surface area contributed by atoms with Crippen LogP contribution in [-0.2, 0) is 10.3 Å². The summed E-state index contributed by atoms with van der Waals surface area (Å²) in [6.45, 7) is 10.4. The highest BCUT2D eigenvalue weighted by Crippen LogP contribution is 2.41. The van der Waals surface area contributed by atoms with Gasteiger partial charge in [0.25, 0.3) is 0 Å². The lowest BCUT2D eigenvalue weighted by Crippen LogP contribution is -2.48. The first-order valence-electron chi connectivity index (χ1n) is 10.9. The number of phenols is 1. The highest BCUT2D eigenvalue weighted by molar-refractivity contribution is 5.91. The number of aliphatic hydroxyl groups is 1. The fourth-order valence-corrected chi connectivity index (χ4v) is 3.85. The van der Waals surface area contributed by atoms with E-state index < -0.39 is 11.7 Å². The number of phenolic OH excluding ortho intramolecular Hbond substituents is 1. The second-order valence-corrected chi connectivity index (χ2v) is 9.49. The molecular formula is C25H34N2O5. The number of rotatable bonds is 8. The summed E-state index contributed by atoms with van der Waals surface area (Å²) in [6.07, 6.45) is -0.430. The molecule has 3 N–H and O–H groups in total. The molecule has 2 aromatic carbocycles. The molecule has 0 aliphatic carbocycles. The molecule has 7 nitrogen and oxygen atoms in total. The fraction of sp³-hybridized carbons (Fsp3) is 0.480. The van der Waals surface area contributed by atoms with Gasteiger partial charge in [0, 0.05) is 24.2 Å². The Balaban J connectivity index is 1.67. The number of fused-ring (bicyclic) bond motifs is 1. The van der Waals surface area contributed by atoms with Crippen molar-refractivity contribution in [3.05, 3.63) is 53.1 Å². The number of ether oxygens (including phenoxy) is 2. The number of nitrogens with one attached hydrogen (secondary N) is 1. The molecule has 0 aromatic heterocycles. The average molecular weight is 443 g/mol. The van der Waals surface area contributed by atoms with Crippen molar-refractivity contribution >= 4 is 11.8 Å². The number of nitrogens with zero attached hydrogens (tertiary/aromatic N) is 1. The maximum Gasteiger partial charge on any atom is 0.415 e. The number of carbonyl (C=O) groups is 1. The molecule has 1 aliphatic heterocycles. The standard InChI is InChI=1S/C25H34N2O5/c1-16-13-17(7-10-21(16)28)22(29)15-26-24(2,3)11-12-27-20-9-8-18(31-6)14-19(20)25(4,5)32-23(27)30/h7-10,13-14,22,26,28-29H,11-12,15H2,1-6H3. The topological polar surface area (TPSA) is 91.3 Å². The van der Waals surface area contributed by atoms with Crippen molar-refractivity contribution in [1.29, 1.82) is 0 Å². The number of cyclic esters (lactones) is 1. The Morgan fingerprint density at radius 3 is 2.59 bits per heavy atom. The van der Waals surface area contributed by atoms with Gasteiger partial charge in [0.05, 0.1) is 18.9 Å². The quantitative estimate of drug-likeness (QED) is 0.562. The Hall–Kier alpha value is -2.77. The molecule has 1 amide bonds. The lowest BCUT2D eigenvalue weighted by Gasteiger charge is -2.40. The first-order chi connectivity index (χ1) is 14.9. The molecule has 0 spiro atoms. The molecule has 1 unspecified atom stereocenters. The van der Waals surface area contributed by atoms with Crippen LogP contribution in [0.25, 0.3) is 0 Å². The summed E-state index contributed by atoms with van der Waals surface area (Å²) in [5, 5.41) is 23.6. The zero-order valence-corrected chi connectivity index (χ0v) is 19.7. The first kappa shape index (κ1) is 23.9. The van der Waals surface area contributed by atoms with E-state index in [1.807, 2.05) is 45.9 Å². The molecule has 7 heteroatoms. The van der Waals surface area contributed by atoms with E-state index in [0.29, 0.717) is 19.5 Å². The second-order valence-electron chi connectivity index (χ2n) is 9.49. The molecule has 0 bridgehead atoms. The third kappa shape index (κ3) is 5.16. The Bertz CT molecular complexity index is 986. The Morgan fingerprint density at radius 1 is 1.22 bits per heavy atom. The van der Waals surface area contributed by atoms with Gasteiger partial charge in [0.2, 0.25) is 0 Å². The van der Waals surface area contributed by atoms with Crippen molar-refractivity contribution in [2.24, 2.45) is 0 Å². The van der Waals surface area contributed by atoms with Gasteiger partial charge in [-0.2, -0.15) is 0 Å². The second kappa shape index (κ2) is 9.00. The number of amides is 1. The number of hydrogen-bond acceptors (Lipinski definition) is 6. The number of β-amino-alcohol motifs (C(OH)–C–C–N with tert-alkyl or cyclic N) is 1. The minimum absolute atomic E-state index is 0.212. The Labute approximate surface area is 190 Å². The van der Waals surface area contributed by atoms with Gasteiger partial charge in [-0.05, 0) is 82.5 Å². The van der Waals surface area contributed by atoms with Crippen molar-refractivity contribution in [3.8, 4) is 11.5 Å². The molecule has 32 heavy (non-hydrogen) atoms. The first-order valence-corrected chi connectivity index (χ1v) is 10.9. The number of carbonyl (C=O) groups excluding carboxylic acids is 1. The third-order valence-electron chi connectivity index (χ3n) is 6.05. The SMILES string of the molecule is COc1ccc2c(c1)C(C)(C)OC(=O)N2CCC(C)(C)NCC(O)c1ccc(O)c(C)c1. The molecule has 0 radical (unpaired) electrons. The number of hydrogen-bond donors (Lipinski definition) is 3. The third-order valence-corrected chi connectivity index (χ3v) is 6.05. The molecule has 0 saturated heterocycles. The predicted molar refractivity (Wildman–Crippen MR) is 124 cm³/mol.